The predicted octanol–water partition coefficient (Wildman–Crippen LogP) is 7.23. The van der Waals surface area contributed by atoms with Gasteiger partial charge in [-0.1, -0.05) is 69.2 Å². The van der Waals surface area contributed by atoms with E-state index in [4.69, 9.17) is 9.97 Å². The second-order valence-electron chi connectivity index (χ2n) is 10.8. The average molecular weight is 393 g/mol. The van der Waals surface area contributed by atoms with E-state index in [1.54, 1.807) is 0 Å². The van der Waals surface area contributed by atoms with E-state index >= 15 is 0 Å². The van der Waals surface area contributed by atoms with E-state index in [9.17, 15) is 0 Å². The molecule has 0 N–H and O–H groups in total. The summed E-state index contributed by atoms with van der Waals surface area (Å²) >= 11 is 3.75. The minimum absolute atomic E-state index is 0.0928. The molecule has 2 heterocycles. The molecule has 2 aromatic rings. The lowest BCUT2D eigenvalue weighted by molar-refractivity contribution is 0.373. The molecule has 0 spiro atoms. The van der Waals surface area contributed by atoms with E-state index < -0.39 is 0 Å². The van der Waals surface area contributed by atoms with E-state index in [-0.39, 0.29) is 21.7 Å². The van der Waals surface area contributed by atoms with Crippen molar-refractivity contribution in [2.75, 3.05) is 0 Å². The Morgan fingerprint density at radius 3 is 1.15 bits per heavy atom. The van der Waals surface area contributed by atoms with Gasteiger partial charge in [-0.05, 0) is 23.7 Å². The van der Waals surface area contributed by atoms with Gasteiger partial charge in [-0.25, -0.2) is 9.97 Å². The molecule has 2 rings (SSSR count). The Morgan fingerprint density at radius 1 is 0.615 bits per heavy atom. The van der Waals surface area contributed by atoms with Crippen LogP contribution in [0.2, 0.25) is 0 Å². The zero-order chi connectivity index (χ0) is 20.0. The highest BCUT2D eigenvalue weighted by atomic mass is 32.1. The van der Waals surface area contributed by atoms with Crippen LogP contribution in [0.1, 0.15) is 102 Å². The fraction of sp³-hybridized carbons (Fsp3) is 0.727. The number of nitrogens with zero attached hydrogens (tertiary/aromatic N) is 2. The number of thiazole rings is 2. The summed E-state index contributed by atoms with van der Waals surface area (Å²) in [5, 5.41) is 2.51. The maximum atomic E-state index is 4.77. The van der Waals surface area contributed by atoms with Crippen molar-refractivity contribution in [2.24, 2.45) is 0 Å². The number of rotatable bonds is 5. The summed E-state index contributed by atoms with van der Waals surface area (Å²) in [6.45, 7) is 22.9. The highest BCUT2D eigenvalue weighted by Crippen LogP contribution is 2.41. The van der Waals surface area contributed by atoms with Crippen LogP contribution in [0.4, 0.5) is 0 Å². The van der Waals surface area contributed by atoms with Crippen LogP contribution in [0.5, 0.6) is 0 Å². The molecule has 0 unspecified atom stereocenters. The Balaban J connectivity index is 2.12. The van der Waals surface area contributed by atoms with Gasteiger partial charge in [0.2, 0.25) is 0 Å². The Bertz CT molecular complexity index is 673. The zero-order valence-corrected chi connectivity index (χ0v) is 19.9. The molecule has 26 heavy (non-hydrogen) atoms. The molecule has 2 nitrogen and oxygen atoms in total. The molecule has 0 aromatic carbocycles. The van der Waals surface area contributed by atoms with Crippen LogP contribution in [-0.2, 0) is 21.7 Å². The zero-order valence-electron chi connectivity index (χ0n) is 18.3. The van der Waals surface area contributed by atoms with E-state index in [0.29, 0.717) is 0 Å². The molecule has 146 valence electrons. The molecule has 2 aromatic heterocycles. The smallest absolute Gasteiger partial charge is 0.0984 e. The quantitative estimate of drug-likeness (QED) is 0.536. The van der Waals surface area contributed by atoms with Crippen LogP contribution in [-0.4, -0.2) is 9.97 Å². The Morgan fingerprint density at radius 2 is 0.923 bits per heavy atom. The van der Waals surface area contributed by atoms with Gasteiger partial charge < -0.3 is 0 Å². The van der Waals surface area contributed by atoms with Crippen LogP contribution < -0.4 is 0 Å². The first kappa shape index (κ1) is 21.6. The van der Waals surface area contributed by atoms with Crippen molar-refractivity contribution in [2.45, 2.75) is 104 Å². The van der Waals surface area contributed by atoms with Crippen molar-refractivity contribution in [1.29, 1.82) is 0 Å². The SMILES string of the molecule is CC(C)(C)c1cnc(C(C)(C)CCC(C)(C)c2ncc(C(C)(C)C)s2)s1. The molecular weight excluding hydrogens is 356 g/mol. The average Bonchev–Trinajstić information content (AvgIpc) is 3.13. The maximum Gasteiger partial charge on any atom is 0.0984 e. The van der Waals surface area contributed by atoms with Crippen LogP contribution in [0.15, 0.2) is 12.4 Å². The normalized spacial score (nSPS) is 14.1. The molecule has 0 bridgehead atoms. The van der Waals surface area contributed by atoms with Crippen molar-refractivity contribution in [3.8, 4) is 0 Å². The van der Waals surface area contributed by atoms with Gasteiger partial charge in [0.1, 0.15) is 0 Å². The van der Waals surface area contributed by atoms with Gasteiger partial charge in [-0.15, -0.1) is 22.7 Å². The molecule has 0 atom stereocenters. The highest BCUT2D eigenvalue weighted by Gasteiger charge is 2.32. The fourth-order valence-electron chi connectivity index (χ4n) is 2.71. The van der Waals surface area contributed by atoms with E-state index in [1.165, 1.54) is 19.8 Å². The van der Waals surface area contributed by atoms with E-state index in [0.717, 1.165) is 12.8 Å². The first-order valence-corrected chi connectivity index (χ1v) is 11.2. The molecular formula is C22H36N2S2. The Hall–Kier alpha value is -0.740. The lowest BCUT2D eigenvalue weighted by Gasteiger charge is -2.29. The Labute approximate surface area is 168 Å². The molecule has 4 heteroatoms. The molecule has 0 aliphatic rings. The van der Waals surface area contributed by atoms with Crippen LogP contribution >= 0.6 is 22.7 Å². The summed E-state index contributed by atoms with van der Waals surface area (Å²) in [6.07, 6.45) is 6.37. The summed E-state index contributed by atoms with van der Waals surface area (Å²) < 4.78 is 0. The summed E-state index contributed by atoms with van der Waals surface area (Å²) in [4.78, 5) is 12.3. The third-order valence-electron chi connectivity index (χ3n) is 5.02. The van der Waals surface area contributed by atoms with Crippen molar-refractivity contribution in [1.82, 2.24) is 9.97 Å². The van der Waals surface area contributed by atoms with Crippen LogP contribution in [0.25, 0.3) is 0 Å². The largest absolute Gasteiger partial charge is 0.249 e. The third-order valence-corrected chi connectivity index (χ3v) is 8.60. The molecule has 0 fully saturated rings. The highest BCUT2D eigenvalue weighted by molar-refractivity contribution is 7.12. The van der Waals surface area contributed by atoms with Crippen molar-refractivity contribution in [3.63, 3.8) is 0 Å². The van der Waals surface area contributed by atoms with Gasteiger partial charge in [0.15, 0.2) is 0 Å². The minimum Gasteiger partial charge on any atom is -0.249 e. The first-order chi connectivity index (χ1) is 11.6. The number of hydrogen-bond acceptors (Lipinski definition) is 4. The van der Waals surface area contributed by atoms with Gasteiger partial charge in [0, 0.05) is 33.0 Å². The van der Waals surface area contributed by atoms with Gasteiger partial charge in [-0.3, -0.25) is 0 Å². The topological polar surface area (TPSA) is 25.8 Å². The van der Waals surface area contributed by atoms with Crippen molar-refractivity contribution in [3.05, 3.63) is 32.2 Å². The summed E-state index contributed by atoms with van der Waals surface area (Å²) in [5.41, 5.74) is 0.538. The summed E-state index contributed by atoms with van der Waals surface area (Å²) in [6, 6.07) is 0. The number of aromatic nitrogens is 2. The van der Waals surface area contributed by atoms with Gasteiger partial charge in [0.25, 0.3) is 0 Å². The first-order valence-electron chi connectivity index (χ1n) is 9.56. The van der Waals surface area contributed by atoms with Crippen molar-refractivity contribution < 1.29 is 0 Å². The monoisotopic (exact) mass is 392 g/mol. The summed E-state index contributed by atoms with van der Waals surface area (Å²) in [5.74, 6) is 0. The minimum atomic E-state index is 0.0928. The van der Waals surface area contributed by atoms with Gasteiger partial charge >= 0.3 is 0 Å². The molecule has 0 saturated heterocycles. The van der Waals surface area contributed by atoms with E-state index in [2.05, 4.69) is 81.6 Å². The number of hydrogen-bond donors (Lipinski definition) is 0. The summed E-state index contributed by atoms with van der Waals surface area (Å²) in [7, 11) is 0. The fourth-order valence-corrected chi connectivity index (χ4v) is 4.91. The van der Waals surface area contributed by atoms with Gasteiger partial charge in [0.05, 0.1) is 10.0 Å². The third kappa shape index (κ3) is 4.95. The lowest BCUT2D eigenvalue weighted by atomic mass is 9.79. The lowest BCUT2D eigenvalue weighted by Crippen LogP contribution is -2.24. The standard InChI is InChI=1S/C22H36N2S2/c1-19(2,3)15-13-23-17(25-15)21(7,8)11-12-22(9,10)18-24-14-16(26-18)20(4,5)6/h13-14H,11-12H2,1-10H3. The molecule has 0 radical (unpaired) electrons. The van der Waals surface area contributed by atoms with Crippen LogP contribution in [0.3, 0.4) is 0 Å². The molecule has 0 saturated carbocycles. The van der Waals surface area contributed by atoms with Crippen molar-refractivity contribution >= 4 is 22.7 Å². The Kier molecular flexibility index (Phi) is 5.82. The molecule has 0 aliphatic carbocycles. The second-order valence-corrected chi connectivity index (χ2v) is 12.9. The molecule has 0 aliphatic heterocycles. The van der Waals surface area contributed by atoms with Crippen LogP contribution in [0, 0.1) is 0 Å². The van der Waals surface area contributed by atoms with E-state index in [1.807, 2.05) is 22.7 Å². The van der Waals surface area contributed by atoms with Gasteiger partial charge in [-0.2, -0.15) is 0 Å². The molecule has 0 amide bonds. The second kappa shape index (κ2) is 7.01. The predicted molar refractivity (Wildman–Crippen MR) is 117 cm³/mol. The maximum absolute atomic E-state index is 4.77.